The fraction of sp³-hybridized carbons (Fsp3) is 0.700. The fourth-order valence-corrected chi connectivity index (χ4v) is 1.94. The van der Waals surface area contributed by atoms with Gasteiger partial charge in [-0.25, -0.2) is 4.98 Å². The molecule has 1 aliphatic heterocycles. The second-order valence-electron chi connectivity index (χ2n) is 3.95. The molecule has 15 heavy (non-hydrogen) atoms. The standard InChI is InChI=1S/C10H18N4O/c1-9(14-3-2-12-10(14)11)8-13-4-6-15-7-5-13/h2-3,9H,4-8H2,1H3,(H2,11,12). The number of morpholine rings is 1. The zero-order valence-corrected chi connectivity index (χ0v) is 9.09. The van der Waals surface area contributed by atoms with E-state index in [1.54, 1.807) is 6.20 Å². The van der Waals surface area contributed by atoms with Crippen molar-refractivity contribution in [2.75, 3.05) is 38.6 Å². The molecule has 1 aromatic rings. The van der Waals surface area contributed by atoms with Gasteiger partial charge in [-0.05, 0) is 6.92 Å². The van der Waals surface area contributed by atoms with E-state index >= 15 is 0 Å². The molecule has 5 nitrogen and oxygen atoms in total. The molecule has 2 N–H and O–H groups in total. The van der Waals surface area contributed by atoms with Gasteiger partial charge in [0, 0.05) is 38.1 Å². The highest BCUT2D eigenvalue weighted by Gasteiger charge is 2.15. The maximum atomic E-state index is 5.76. The molecule has 0 spiro atoms. The van der Waals surface area contributed by atoms with E-state index < -0.39 is 0 Å². The first-order valence-corrected chi connectivity index (χ1v) is 5.36. The number of rotatable bonds is 3. The minimum absolute atomic E-state index is 0.366. The van der Waals surface area contributed by atoms with Gasteiger partial charge >= 0.3 is 0 Å². The summed E-state index contributed by atoms with van der Waals surface area (Å²) < 4.78 is 7.32. The molecule has 0 amide bonds. The van der Waals surface area contributed by atoms with Crippen LogP contribution in [0.5, 0.6) is 0 Å². The Labute approximate surface area is 89.8 Å². The van der Waals surface area contributed by atoms with Crippen molar-refractivity contribution >= 4 is 5.95 Å². The van der Waals surface area contributed by atoms with Crippen molar-refractivity contribution in [2.24, 2.45) is 0 Å². The van der Waals surface area contributed by atoms with Crippen LogP contribution in [0.2, 0.25) is 0 Å². The molecule has 1 fully saturated rings. The third-order valence-electron chi connectivity index (χ3n) is 2.80. The fourth-order valence-electron chi connectivity index (χ4n) is 1.94. The number of nitrogens with two attached hydrogens (primary N) is 1. The van der Waals surface area contributed by atoms with Gasteiger partial charge in [0.15, 0.2) is 5.95 Å². The topological polar surface area (TPSA) is 56.3 Å². The first-order valence-electron chi connectivity index (χ1n) is 5.36. The molecule has 0 bridgehead atoms. The largest absolute Gasteiger partial charge is 0.379 e. The van der Waals surface area contributed by atoms with Crippen molar-refractivity contribution in [1.82, 2.24) is 14.5 Å². The van der Waals surface area contributed by atoms with E-state index in [9.17, 15) is 0 Å². The number of nitrogen functional groups attached to an aromatic ring is 1. The number of anilines is 1. The summed E-state index contributed by atoms with van der Waals surface area (Å²) in [6, 6.07) is 0.366. The van der Waals surface area contributed by atoms with E-state index in [4.69, 9.17) is 10.5 Å². The van der Waals surface area contributed by atoms with Crippen LogP contribution in [0.4, 0.5) is 5.95 Å². The van der Waals surface area contributed by atoms with Crippen molar-refractivity contribution in [2.45, 2.75) is 13.0 Å². The summed E-state index contributed by atoms with van der Waals surface area (Å²) in [5.74, 6) is 0.593. The van der Waals surface area contributed by atoms with Crippen LogP contribution in [0.25, 0.3) is 0 Å². The molecule has 0 aliphatic carbocycles. The SMILES string of the molecule is CC(CN1CCOCC1)n1ccnc1N. The summed E-state index contributed by atoms with van der Waals surface area (Å²) in [5.41, 5.74) is 5.76. The second kappa shape index (κ2) is 4.63. The number of ether oxygens (including phenoxy) is 1. The first-order chi connectivity index (χ1) is 7.27. The van der Waals surface area contributed by atoms with Gasteiger partial charge in [0.05, 0.1) is 13.2 Å². The Balaban J connectivity index is 1.91. The summed E-state index contributed by atoms with van der Waals surface area (Å²) in [6.07, 6.45) is 3.67. The molecule has 2 heterocycles. The molecule has 2 rings (SSSR count). The Morgan fingerprint density at radius 2 is 2.27 bits per heavy atom. The zero-order chi connectivity index (χ0) is 10.7. The molecule has 1 unspecified atom stereocenters. The minimum Gasteiger partial charge on any atom is -0.379 e. The quantitative estimate of drug-likeness (QED) is 0.782. The number of hydrogen-bond donors (Lipinski definition) is 1. The van der Waals surface area contributed by atoms with Crippen LogP contribution < -0.4 is 5.73 Å². The van der Waals surface area contributed by atoms with Crippen LogP contribution in [-0.4, -0.2) is 47.3 Å². The Bertz CT molecular complexity index is 306. The van der Waals surface area contributed by atoms with Crippen molar-refractivity contribution in [1.29, 1.82) is 0 Å². The highest BCUT2D eigenvalue weighted by molar-refractivity contribution is 5.17. The summed E-state index contributed by atoms with van der Waals surface area (Å²) in [7, 11) is 0. The first kappa shape index (κ1) is 10.4. The lowest BCUT2D eigenvalue weighted by Gasteiger charge is -2.29. The smallest absolute Gasteiger partial charge is 0.200 e. The molecule has 5 heteroatoms. The predicted molar refractivity (Wildman–Crippen MR) is 58.6 cm³/mol. The summed E-state index contributed by atoms with van der Waals surface area (Å²) in [5, 5.41) is 0. The third-order valence-corrected chi connectivity index (χ3v) is 2.80. The molecule has 1 saturated heterocycles. The highest BCUT2D eigenvalue weighted by atomic mass is 16.5. The van der Waals surface area contributed by atoms with Crippen molar-refractivity contribution < 1.29 is 4.74 Å². The molecular formula is C10H18N4O. The van der Waals surface area contributed by atoms with Gasteiger partial charge in [-0.15, -0.1) is 0 Å². The molecule has 1 aliphatic rings. The Kier molecular flexibility index (Phi) is 3.23. The average molecular weight is 210 g/mol. The van der Waals surface area contributed by atoms with Gasteiger partial charge in [-0.3, -0.25) is 4.90 Å². The Morgan fingerprint density at radius 3 is 2.87 bits per heavy atom. The molecule has 1 atom stereocenters. The lowest BCUT2D eigenvalue weighted by molar-refractivity contribution is 0.0327. The molecule has 0 radical (unpaired) electrons. The minimum atomic E-state index is 0.366. The third kappa shape index (κ3) is 2.49. The van der Waals surface area contributed by atoms with Crippen molar-refractivity contribution in [3.8, 4) is 0 Å². The molecule has 0 aromatic carbocycles. The lowest BCUT2D eigenvalue weighted by atomic mass is 10.3. The van der Waals surface area contributed by atoms with E-state index in [2.05, 4.69) is 16.8 Å². The van der Waals surface area contributed by atoms with Gasteiger partial charge in [0.1, 0.15) is 0 Å². The maximum Gasteiger partial charge on any atom is 0.200 e. The van der Waals surface area contributed by atoms with Gasteiger partial charge < -0.3 is 15.0 Å². The number of imidazole rings is 1. The normalized spacial score (nSPS) is 20.3. The van der Waals surface area contributed by atoms with Crippen LogP contribution >= 0.6 is 0 Å². The second-order valence-corrected chi connectivity index (χ2v) is 3.95. The van der Waals surface area contributed by atoms with Crippen molar-refractivity contribution in [3.05, 3.63) is 12.4 Å². The summed E-state index contributed by atoms with van der Waals surface area (Å²) in [4.78, 5) is 6.42. The predicted octanol–water partition coefficient (Wildman–Crippen LogP) is 0.358. The van der Waals surface area contributed by atoms with E-state index in [1.165, 1.54) is 0 Å². The van der Waals surface area contributed by atoms with Gasteiger partial charge in [-0.2, -0.15) is 0 Å². The molecular weight excluding hydrogens is 192 g/mol. The summed E-state index contributed by atoms with van der Waals surface area (Å²) in [6.45, 7) is 6.87. The Morgan fingerprint density at radius 1 is 1.53 bits per heavy atom. The van der Waals surface area contributed by atoms with Crippen LogP contribution in [0, 0.1) is 0 Å². The monoisotopic (exact) mass is 210 g/mol. The Hall–Kier alpha value is -1.07. The molecule has 1 aromatic heterocycles. The van der Waals surface area contributed by atoms with Crippen LogP contribution in [0.15, 0.2) is 12.4 Å². The maximum absolute atomic E-state index is 5.76. The van der Waals surface area contributed by atoms with Crippen LogP contribution in [0.1, 0.15) is 13.0 Å². The highest BCUT2D eigenvalue weighted by Crippen LogP contribution is 2.12. The molecule has 0 saturated carbocycles. The number of hydrogen-bond acceptors (Lipinski definition) is 4. The van der Waals surface area contributed by atoms with E-state index in [1.807, 2.05) is 10.8 Å². The molecule has 84 valence electrons. The van der Waals surface area contributed by atoms with E-state index in [-0.39, 0.29) is 0 Å². The van der Waals surface area contributed by atoms with Crippen molar-refractivity contribution in [3.63, 3.8) is 0 Å². The number of nitrogens with zero attached hydrogens (tertiary/aromatic N) is 3. The van der Waals surface area contributed by atoms with Crippen LogP contribution in [-0.2, 0) is 4.74 Å². The number of aromatic nitrogens is 2. The zero-order valence-electron chi connectivity index (χ0n) is 9.09. The van der Waals surface area contributed by atoms with E-state index in [0.29, 0.717) is 12.0 Å². The lowest BCUT2D eigenvalue weighted by Crippen LogP contribution is -2.39. The average Bonchev–Trinajstić information content (AvgIpc) is 2.66. The van der Waals surface area contributed by atoms with Gasteiger partial charge in [-0.1, -0.05) is 0 Å². The van der Waals surface area contributed by atoms with E-state index in [0.717, 1.165) is 32.8 Å². The van der Waals surface area contributed by atoms with Crippen LogP contribution in [0.3, 0.4) is 0 Å². The van der Waals surface area contributed by atoms with Gasteiger partial charge in [0.2, 0.25) is 0 Å². The van der Waals surface area contributed by atoms with Gasteiger partial charge in [0.25, 0.3) is 0 Å². The summed E-state index contributed by atoms with van der Waals surface area (Å²) >= 11 is 0.